The van der Waals surface area contributed by atoms with Crippen LogP contribution in [0.4, 0.5) is 13.2 Å². The van der Waals surface area contributed by atoms with E-state index in [0.29, 0.717) is 6.61 Å². The molecule has 8 heteroatoms. The molecule has 0 N–H and O–H groups in total. The minimum atomic E-state index is -4.30. The molecule has 4 nitrogen and oxygen atoms in total. The van der Waals surface area contributed by atoms with Gasteiger partial charge in [0.1, 0.15) is 5.60 Å². The van der Waals surface area contributed by atoms with Crippen LogP contribution >= 0.6 is 0 Å². The molecular formula is C22H37F3O4Si. The molecule has 3 aliphatic rings. The van der Waals surface area contributed by atoms with Gasteiger partial charge < -0.3 is 18.6 Å². The van der Waals surface area contributed by atoms with Crippen molar-refractivity contribution in [2.75, 3.05) is 13.7 Å². The van der Waals surface area contributed by atoms with E-state index in [1.54, 1.807) is 7.11 Å². The fourth-order valence-corrected chi connectivity index (χ4v) is 6.04. The first-order valence-electron chi connectivity index (χ1n) is 10.8. The lowest BCUT2D eigenvalue weighted by atomic mass is 9.68. The fourth-order valence-electron chi connectivity index (χ4n) is 4.68. The standard InChI is InChI=1S/C22H37F3O4Si/c1-14(22(23,24)25)9-10-16-20(5,28-16)18-17(26-6)15(11-12-21(18)13-27-21)29-30(7,8)19(2,3)4/h9,15-18H,10-13H2,1-8H3/t15-,16-,17-,18-,20?,21+/m1/s1. The van der Waals surface area contributed by atoms with E-state index in [-0.39, 0.29) is 41.3 Å². The lowest BCUT2D eigenvalue weighted by Crippen LogP contribution is -2.58. The summed E-state index contributed by atoms with van der Waals surface area (Å²) < 4.78 is 63.3. The molecule has 0 aromatic heterocycles. The van der Waals surface area contributed by atoms with Crippen LogP contribution in [-0.2, 0) is 18.6 Å². The van der Waals surface area contributed by atoms with Crippen molar-refractivity contribution in [2.24, 2.45) is 5.92 Å². The highest BCUT2D eigenvalue weighted by Gasteiger charge is 2.72. The Balaban J connectivity index is 1.79. The van der Waals surface area contributed by atoms with E-state index in [9.17, 15) is 13.2 Å². The molecule has 3 fully saturated rings. The van der Waals surface area contributed by atoms with Gasteiger partial charge >= 0.3 is 6.18 Å². The summed E-state index contributed by atoms with van der Waals surface area (Å²) in [5.41, 5.74) is -1.46. The Kier molecular flexibility index (Phi) is 6.12. The van der Waals surface area contributed by atoms with Crippen molar-refractivity contribution in [2.45, 2.75) is 108 Å². The maximum absolute atomic E-state index is 12.9. The smallest absolute Gasteiger partial charge is 0.411 e. The Morgan fingerprint density at radius 2 is 1.83 bits per heavy atom. The van der Waals surface area contributed by atoms with E-state index < -0.39 is 25.7 Å². The molecule has 1 spiro atoms. The van der Waals surface area contributed by atoms with Crippen LogP contribution in [0.1, 0.15) is 53.9 Å². The maximum Gasteiger partial charge on any atom is 0.412 e. The topological polar surface area (TPSA) is 43.5 Å². The van der Waals surface area contributed by atoms with Crippen LogP contribution in [0.15, 0.2) is 11.6 Å². The molecular weight excluding hydrogens is 413 g/mol. The normalized spacial score (nSPS) is 40.0. The van der Waals surface area contributed by atoms with Gasteiger partial charge in [0.15, 0.2) is 8.32 Å². The summed E-state index contributed by atoms with van der Waals surface area (Å²) in [6, 6.07) is 0. The number of halogens is 3. The third-order valence-electron chi connectivity index (χ3n) is 7.83. The number of methoxy groups -OCH3 is 1. The summed E-state index contributed by atoms with van der Waals surface area (Å²) in [5.74, 6) is -0.0666. The van der Waals surface area contributed by atoms with Crippen molar-refractivity contribution < 1.29 is 31.8 Å². The van der Waals surface area contributed by atoms with Crippen LogP contribution in [0.2, 0.25) is 18.1 Å². The first-order valence-corrected chi connectivity index (χ1v) is 13.7. The summed E-state index contributed by atoms with van der Waals surface area (Å²) >= 11 is 0. The number of rotatable bonds is 6. The number of allylic oxidation sites excluding steroid dienone is 1. The molecule has 3 rings (SSSR count). The SMILES string of the molecule is CO[C@H]1[C@H](C2(C)O[C@@H]2CC=C(C)C(F)(F)F)[C@]2(CC[C@H]1O[Si](C)(C)C(C)(C)C)CO2. The monoisotopic (exact) mass is 450 g/mol. The maximum atomic E-state index is 12.9. The fraction of sp³-hybridized carbons (Fsp3) is 0.909. The number of alkyl halides is 3. The van der Waals surface area contributed by atoms with Gasteiger partial charge in [-0.1, -0.05) is 26.8 Å². The van der Waals surface area contributed by atoms with Crippen LogP contribution in [-0.4, -0.2) is 57.7 Å². The quantitative estimate of drug-likeness (QED) is 0.299. The molecule has 2 aliphatic heterocycles. The molecule has 174 valence electrons. The Morgan fingerprint density at radius 3 is 2.30 bits per heavy atom. The second-order valence-electron chi connectivity index (χ2n) is 10.9. The highest BCUT2D eigenvalue weighted by atomic mass is 28.4. The first-order chi connectivity index (χ1) is 13.6. The van der Waals surface area contributed by atoms with Gasteiger partial charge in [0.2, 0.25) is 0 Å². The van der Waals surface area contributed by atoms with Gasteiger partial charge in [-0.2, -0.15) is 13.2 Å². The predicted octanol–water partition coefficient (Wildman–Crippen LogP) is 5.63. The van der Waals surface area contributed by atoms with Crippen molar-refractivity contribution >= 4 is 8.32 Å². The van der Waals surface area contributed by atoms with Gasteiger partial charge in [0.05, 0.1) is 36.4 Å². The number of ether oxygens (including phenoxy) is 3. The van der Waals surface area contributed by atoms with Crippen molar-refractivity contribution in [1.29, 1.82) is 0 Å². The molecule has 1 saturated carbocycles. The van der Waals surface area contributed by atoms with Gasteiger partial charge in [0, 0.05) is 12.7 Å². The van der Waals surface area contributed by atoms with Crippen LogP contribution < -0.4 is 0 Å². The number of hydrogen-bond acceptors (Lipinski definition) is 4. The zero-order chi connectivity index (χ0) is 22.8. The van der Waals surface area contributed by atoms with Gasteiger partial charge in [0.25, 0.3) is 0 Å². The number of epoxide rings is 2. The van der Waals surface area contributed by atoms with E-state index in [4.69, 9.17) is 18.6 Å². The van der Waals surface area contributed by atoms with Gasteiger partial charge in [-0.05, 0) is 51.2 Å². The third-order valence-corrected chi connectivity index (χ3v) is 12.3. The molecule has 0 amide bonds. The lowest BCUT2D eigenvalue weighted by Gasteiger charge is -2.47. The molecule has 2 saturated heterocycles. The van der Waals surface area contributed by atoms with Crippen molar-refractivity contribution in [3.05, 3.63) is 11.6 Å². The largest absolute Gasteiger partial charge is 0.412 e. The summed E-state index contributed by atoms with van der Waals surface area (Å²) in [7, 11) is -0.319. The van der Waals surface area contributed by atoms with Crippen LogP contribution in [0.3, 0.4) is 0 Å². The van der Waals surface area contributed by atoms with E-state index in [1.807, 2.05) is 6.92 Å². The minimum absolute atomic E-state index is 0.0650. The molecule has 0 aromatic rings. The average Bonchev–Trinajstić information content (AvgIpc) is 3.50. The van der Waals surface area contributed by atoms with Crippen molar-refractivity contribution in [3.8, 4) is 0 Å². The summed E-state index contributed by atoms with van der Waals surface area (Å²) in [6.07, 6.45) is -1.65. The Hall–Kier alpha value is -0.413. The van der Waals surface area contributed by atoms with E-state index in [2.05, 4.69) is 33.9 Å². The zero-order valence-electron chi connectivity index (χ0n) is 19.5. The van der Waals surface area contributed by atoms with E-state index in [0.717, 1.165) is 19.8 Å². The Labute approximate surface area is 179 Å². The molecule has 0 aromatic carbocycles. The summed E-state index contributed by atoms with van der Waals surface area (Å²) in [5, 5.41) is 0.0778. The highest BCUT2D eigenvalue weighted by Crippen LogP contribution is 2.60. The Bertz CT molecular complexity index is 681. The molecule has 1 unspecified atom stereocenters. The molecule has 1 aliphatic carbocycles. The minimum Gasteiger partial charge on any atom is -0.411 e. The Morgan fingerprint density at radius 1 is 1.23 bits per heavy atom. The van der Waals surface area contributed by atoms with E-state index >= 15 is 0 Å². The summed E-state index contributed by atoms with van der Waals surface area (Å²) in [4.78, 5) is 0. The van der Waals surface area contributed by atoms with Crippen LogP contribution in [0.5, 0.6) is 0 Å². The molecule has 2 heterocycles. The molecule has 30 heavy (non-hydrogen) atoms. The van der Waals surface area contributed by atoms with Gasteiger partial charge in [-0.25, -0.2) is 0 Å². The van der Waals surface area contributed by atoms with Crippen molar-refractivity contribution in [3.63, 3.8) is 0 Å². The van der Waals surface area contributed by atoms with Gasteiger partial charge in [-0.3, -0.25) is 0 Å². The van der Waals surface area contributed by atoms with E-state index in [1.165, 1.54) is 6.08 Å². The zero-order valence-corrected chi connectivity index (χ0v) is 20.5. The highest BCUT2D eigenvalue weighted by molar-refractivity contribution is 6.74. The second-order valence-corrected chi connectivity index (χ2v) is 15.7. The predicted molar refractivity (Wildman–Crippen MR) is 112 cm³/mol. The van der Waals surface area contributed by atoms with Crippen molar-refractivity contribution in [1.82, 2.24) is 0 Å². The molecule has 0 radical (unpaired) electrons. The summed E-state index contributed by atoms with van der Waals surface area (Å²) in [6.45, 7) is 14.8. The molecule has 0 bridgehead atoms. The second kappa shape index (κ2) is 7.58. The third kappa shape index (κ3) is 4.40. The first kappa shape index (κ1) is 24.2. The van der Waals surface area contributed by atoms with Crippen LogP contribution in [0.25, 0.3) is 0 Å². The molecule has 6 atom stereocenters. The average molecular weight is 451 g/mol. The number of hydrogen-bond donors (Lipinski definition) is 0. The van der Waals surface area contributed by atoms with Gasteiger partial charge in [-0.15, -0.1) is 0 Å². The lowest BCUT2D eigenvalue weighted by molar-refractivity contribution is -0.111. The van der Waals surface area contributed by atoms with Crippen LogP contribution in [0, 0.1) is 5.92 Å².